The van der Waals surface area contributed by atoms with Crippen LogP contribution in [0, 0.1) is 23.7 Å². The third-order valence-corrected chi connectivity index (χ3v) is 2.04. The number of alkyl halides is 2. The molecular formula is C12H8Br2. The normalized spacial score (nSPS) is 8.14. The molecule has 0 aliphatic heterocycles. The van der Waals surface area contributed by atoms with Crippen LogP contribution in [0.25, 0.3) is 0 Å². The summed E-state index contributed by atoms with van der Waals surface area (Å²) in [6, 6.07) is 7.92. The van der Waals surface area contributed by atoms with Gasteiger partial charge in [0.2, 0.25) is 0 Å². The van der Waals surface area contributed by atoms with Crippen molar-refractivity contribution in [3.63, 3.8) is 0 Å². The van der Waals surface area contributed by atoms with Gasteiger partial charge in [0, 0.05) is 11.1 Å². The van der Waals surface area contributed by atoms with Gasteiger partial charge in [0.05, 0.1) is 10.7 Å². The third kappa shape index (κ3) is 4.01. The van der Waals surface area contributed by atoms with Crippen molar-refractivity contribution in [1.29, 1.82) is 0 Å². The van der Waals surface area contributed by atoms with Crippen LogP contribution in [0.4, 0.5) is 0 Å². The highest BCUT2D eigenvalue weighted by atomic mass is 79.9. The molecule has 2 heteroatoms. The van der Waals surface area contributed by atoms with E-state index in [1.807, 2.05) is 24.3 Å². The summed E-state index contributed by atoms with van der Waals surface area (Å²) in [5.41, 5.74) is 2.04. The number of hydrogen-bond acceptors (Lipinski definition) is 0. The Morgan fingerprint density at radius 3 is 1.43 bits per heavy atom. The summed E-state index contributed by atoms with van der Waals surface area (Å²) in [6.07, 6.45) is 0. The molecule has 0 unspecified atom stereocenters. The van der Waals surface area contributed by atoms with Gasteiger partial charge in [-0.2, -0.15) is 0 Å². The molecular weight excluding hydrogens is 304 g/mol. The molecule has 0 spiro atoms. The van der Waals surface area contributed by atoms with Crippen LogP contribution in [-0.2, 0) is 0 Å². The van der Waals surface area contributed by atoms with Crippen LogP contribution in [0.5, 0.6) is 0 Å². The Kier molecular flexibility index (Phi) is 5.45. The van der Waals surface area contributed by atoms with Crippen LogP contribution in [-0.4, -0.2) is 10.7 Å². The lowest BCUT2D eigenvalue weighted by Crippen LogP contribution is -1.77. The highest BCUT2D eigenvalue weighted by Gasteiger charge is 1.87. The van der Waals surface area contributed by atoms with Crippen molar-refractivity contribution >= 4 is 31.9 Å². The highest BCUT2D eigenvalue weighted by molar-refractivity contribution is 9.09. The number of benzene rings is 1. The van der Waals surface area contributed by atoms with E-state index in [0.29, 0.717) is 10.7 Å². The molecule has 70 valence electrons. The summed E-state index contributed by atoms with van der Waals surface area (Å²) in [5, 5.41) is 1.41. The van der Waals surface area contributed by atoms with E-state index in [1.165, 1.54) is 0 Å². The molecule has 0 aliphatic rings. The van der Waals surface area contributed by atoms with Crippen LogP contribution < -0.4 is 0 Å². The van der Waals surface area contributed by atoms with Crippen molar-refractivity contribution in [3.8, 4) is 23.7 Å². The molecule has 0 saturated heterocycles. The first-order valence-electron chi connectivity index (χ1n) is 4.06. The van der Waals surface area contributed by atoms with Gasteiger partial charge in [0.25, 0.3) is 0 Å². The SMILES string of the molecule is BrCC#Cc1ccc(C#CCBr)cc1. The van der Waals surface area contributed by atoms with Crippen LogP contribution >= 0.6 is 31.9 Å². The molecule has 0 aliphatic carbocycles. The lowest BCUT2D eigenvalue weighted by molar-refractivity contribution is 1.60. The van der Waals surface area contributed by atoms with Gasteiger partial charge in [0.1, 0.15) is 0 Å². The molecule has 14 heavy (non-hydrogen) atoms. The average molecular weight is 312 g/mol. The minimum absolute atomic E-state index is 0.706. The van der Waals surface area contributed by atoms with E-state index >= 15 is 0 Å². The summed E-state index contributed by atoms with van der Waals surface area (Å²) in [4.78, 5) is 0. The average Bonchev–Trinajstić information content (AvgIpc) is 2.25. The second kappa shape index (κ2) is 6.71. The third-order valence-electron chi connectivity index (χ3n) is 1.48. The second-order valence-electron chi connectivity index (χ2n) is 2.45. The fourth-order valence-corrected chi connectivity index (χ4v) is 1.19. The first-order valence-corrected chi connectivity index (χ1v) is 6.31. The van der Waals surface area contributed by atoms with Gasteiger partial charge < -0.3 is 0 Å². The van der Waals surface area contributed by atoms with Crippen LogP contribution in [0.1, 0.15) is 11.1 Å². The first kappa shape index (κ1) is 11.4. The molecule has 0 aromatic heterocycles. The van der Waals surface area contributed by atoms with Crippen molar-refractivity contribution in [1.82, 2.24) is 0 Å². The Balaban J connectivity index is 2.78. The predicted molar refractivity (Wildman–Crippen MR) is 67.8 cm³/mol. The quantitative estimate of drug-likeness (QED) is 0.510. The molecule has 0 fully saturated rings. The van der Waals surface area contributed by atoms with E-state index in [1.54, 1.807) is 0 Å². The van der Waals surface area contributed by atoms with E-state index < -0.39 is 0 Å². The van der Waals surface area contributed by atoms with E-state index in [4.69, 9.17) is 0 Å². The van der Waals surface area contributed by atoms with E-state index in [2.05, 4.69) is 55.5 Å². The second-order valence-corrected chi connectivity index (χ2v) is 3.57. The Morgan fingerprint density at radius 1 is 0.786 bits per heavy atom. The zero-order chi connectivity index (χ0) is 10.2. The van der Waals surface area contributed by atoms with Crippen LogP contribution in [0.15, 0.2) is 24.3 Å². The topological polar surface area (TPSA) is 0 Å². The maximum absolute atomic E-state index is 3.25. The maximum atomic E-state index is 3.25. The van der Waals surface area contributed by atoms with Crippen LogP contribution in [0.2, 0.25) is 0 Å². The van der Waals surface area contributed by atoms with E-state index in [9.17, 15) is 0 Å². The minimum atomic E-state index is 0.706. The monoisotopic (exact) mass is 310 g/mol. The maximum Gasteiger partial charge on any atom is 0.0649 e. The fraction of sp³-hybridized carbons (Fsp3) is 0.167. The lowest BCUT2D eigenvalue weighted by atomic mass is 10.1. The van der Waals surface area contributed by atoms with Crippen molar-refractivity contribution in [3.05, 3.63) is 35.4 Å². The van der Waals surface area contributed by atoms with Gasteiger partial charge in [0.15, 0.2) is 0 Å². The number of hydrogen-bond donors (Lipinski definition) is 0. The fourth-order valence-electron chi connectivity index (χ4n) is 0.908. The zero-order valence-corrected chi connectivity index (χ0v) is 10.7. The molecule has 1 aromatic carbocycles. The van der Waals surface area contributed by atoms with E-state index in [0.717, 1.165) is 11.1 Å². The van der Waals surface area contributed by atoms with Crippen molar-refractivity contribution < 1.29 is 0 Å². The molecule has 0 heterocycles. The Bertz CT molecular complexity index is 355. The predicted octanol–water partition coefficient (Wildman–Crippen LogP) is 3.18. The first-order chi connectivity index (χ1) is 6.86. The van der Waals surface area contributed by atoms with E-state index in [-0.39, 0.29) is 0 Å². The molecule has 0 amide bonds. The summed E-state index contributed by atoms with van der Waals surface area (Å²) < 4.78 is 0. The summed E-state index contributed by atoms with van der Waals surface area (Å²) in [7, 11) is 0. The van der Waals surface area contributed by atoms with Gasteiger partial charge >= 0.3 is 0 Å². The Labute approximate surface area is 101 Å². The highest BCUT2D eigenvalue weighted by Crippen LogP contribution is 2.01. The number of halogens is 2. The van der Waals surface area contributed by atoms with Crippen LogP contribution in [0.3, 0.4) is 0 Å². The Morgan fingerprint density at radius 2 is 1.14 bits per heavy atom. The van der Waals surface area contributed by atoms with Gasteiger partial charge in [-0.3, -0.25) is 0 Å². The Hall–Kier alpha value is -0.700. The molecule has 0 atom stereocenters. The summed E-state index contributed by atoms with van der Waals surface area (Å²) in [5.74, 6) is 11.9. The van der Waals surface area contributed by atoms with Crippen molar-refractivity contribution in [2.24, 2.45) is 0 Å². The molecule has 0 radical (unpaired) electrons. The standard InChI is InChI=1S/C12H8Br2/c13-9-1-3-11-5-7-12(8-6-11)4-2-10-14/h5-8H,9-10H2. The molecule has 0 nitrogen and oxygen atoms in total. The van der Waals surface area contributed by atoms with Gasteiger partial charge in [-0.05, 0) is 24.3 Å². The largest absolute Gasteiger partial charge is 0.0863 e. The molecule has 0 saturated carbocycles. The summed E-state index contributed by atoms with van der Waals surface area (Å²) >= 11 is 6.51. The minimum Gasteiger partial charge on any atom is -0.0863 e. The smallest absolute Gasteiger partial charge is 0.0649 e. The van der Waals surface area contributed by atoms with Gasteiger partial charge in [-0.25, -0.2) is 0 Å². The van der Waals surface area contributed by atoms with Crippen molar-refractivity contribution in [2.75, 3.05) is 10.7 Å². The molecule has 1 aromatic rings. The molecule has 0 bridgehead atoms. The van der Waals surface area contributed by atoms with Gasteiger partial charge in [-0.15, -0.1) is 0 Å². The van der Waals surface area contributed by atoms with Crippen molar-refractivity contribution in [2.45, 2.75) is 0 Å². The van der Waals surface area contributed by atoms with Gasteiger partial charge in [-0.1, -0.05) is 55.5 Å². The lowest BCUT2D eigenvalue weighted by Gasteiger charge is -1.90. The zero-order valence-electron chi connectivity index (χ0n) is 7.48. The number of rotatable bonds is 0. The molecule has 1 rings (SSSR count). The molecule has 0 N–H and O–H groups in total. The summed E-state index contributed by atoms with van der Waals surface area (Å²) in [6.45, 7) is 0.